The molecule has 0 amide bonds. The van der Waals surface area contributed by atoms with Crippen LogP contribution in [-0.2, 0) is 0 Å². The highest BCUT2D eigenvalue weighted by Gasteiger charge is 2.07. The molecule has 0 bridgehead atoms. The van der Waals surface area contributed by atoms with Crippen LogP contribution in [0.15, 0.2) is 60.5 Å². The fraction of sp³-hybridized carbons (Fsp3) is 0. The van der Waals surface area contributed by atoms with Gasteiger partial charge in [-0.3, -0.25) is 4.79 Å². The minimum absolute atomic E-state index is 0.0562. The van der Waals surface area contributed by atoms with E-state index in [0.717, 1.165) is 0 Å². The molecule has 90 valence electrons. The van der Waals surface area contributed by atoms with Crippen LogP contribution < -0.4 is 0 Å². The zero-order valence-electron chi connectivity index (χ0n) is 9.58. The number of carbonyl (C=O) groups excluding carboxylic acids is 1. The van der Waals surface area contributed by atoms with Gasteiger partial charge in [0.05, 0.1) is 0 Å². The molecule has 2 rings (SSSR count). The highest BCUT2D eigenvalue weighted by atomic mass is 16.5. The van der Waals surface area contributed by atoms with Gasteiger partial charge in [0.1, 0.15) is 0 Å². The minimum Gasteiger partial charge on any atom is -0.481 e. The molecule has 2 aromatic rings. The average molecular weight is 240 g/mol. The van der Waals surface area contributed by atoms with Crippen molar-refractivity contribution < 1.29 is 15.0 Å². The number of rotatable bonds is 3. The summed E-state index contributed by atoms with van der Waals surface area (Å²) in [5.41, 5.74) is 1.82. The van der Waals surface area contributed by atoms with Crippen LogP contribution in [0.25, 0.3) is 6.08 Å². The summed E-state index contributed by atoms with van der Waals surface area (Å²) in [5, 5.41) is 17.4. The van der Waals surface area contributed by atoms with Gasteiger partial charge in [0, 0.05) is 17.2 Å². The maximum Gasteiger partial charge on any atom is 0.274 e. The van der Waals surface area contributed by atoms with E-state index in [4.69, 9.17) is 10.2 Å². The summed E-state index contributed by atoms with van der Waals surface area (Å²) in [7, 11) is 0. The molecule has 0 aromatic heterocycles. The fourth-order valence-corrected chi connectivity index (χ4v) is 1.64. The Balaban J connectivity index is 2.25. The largest absolute Gasteiger partial charge is 0.481 e. The molecule has 0 aliphatic carbocycles. The first-order valence-electron chi connectivity index (χ1n) is 5.46. The molecule has 3 heteroatoms. The average Bonchev–Trinajstić information content (AvgIpc) is 2.39. The molecule has 0 radical (unpaired) electrons. The summed E-state index contributed by atoms with van der Waals surface area (Å²) in [4.78, 5) is 12.1. The van der Waals surface area contributed by atoms with E-state index in [1.54, 1.807) is 36.4 Å². The van der Waals surface area contributed by atoms with E-state index >= 15 is 0 Å². The van der Waals surface area contributed by atoms with Crippen LogP contribution in [0, 0.1) is 0 Å². The molecule has 0 aliphatic heterocycles. The Labute approximate surface area is 105 Å². The molecule has 0 saturated heterocycles. The molecule has 3 nitrogen and oxygen atoms in total. The molecule has 0 heterocycles. The molecule has 0 aliphatic rings. The lowest BCUT2D eigenvalue weighted by Gasteiger charge is -2.01. The molecular formula is C15H12O3. The van der Waals surface area contributed by atoms with Crippen molar-refractivity contribution in [3.63, 3.8) is 0 Å². The van der Waals surface area contributed by atoms with E-state index in [1.807, 2.05) is 18.2 Å². The van der Waals surface area contributed by atoms with Gasteiger partial charge in [-0.05, 0) is 5.56 Å². The van der Waals surface area contributed by atoms with Crippen molar-refractivity contribution in [1.29, 1.82) is 0 Å². The highest BCUT2D eigenvalue weighted by molar-refractivity contribution is 6.09. The van der Waals surface area contributed by atoms with Crippen LogP contribution in [-0.4, -0.2) is 16.0 Å². The smallest absolute Gasteiger partial charge is 0.274 e. The van der Waals surface area contributed by atoms with Crippen molar-refractivity contribution in [2.24, 2.45) is 0 Å². The third kappa shape index (κ3) is 2.77. The quantitative estimate of drug-likeness (QED) is 0.639. The second-order valence-corrected chi connectivity index (χ2v) is 3.82. The predicted octanol–water partition coefficient (Wildman–Crippen LogP) is 3.33. The van der Waals surface area contributed by atoms with Crippen molar-refractivity contribution in [3.05, 3.63) is 77.2 Å². The first-order chi connectivity index (χ1) is 8.66. The van der Waals surface area contributed by atoms with Crippen molar-refractivity contribution in [1.82, 2.24) is 0 Å². The normalized spacial score (nSPS) is 9.78. The first kappa shape index (κ1) is 11.9. The Morgan fingerprint density at radius 1 is 0.833 bits per heavy atom. The van der Waals surface area contributed by atoms with Gasteiger partial charge in [0.15, 0.2) is 5.78 Å². The van der Waals surface area contributed by atoms with Gasteiger partial charge < -0.3 is 10.2 Å². The van der Waals surface area contributed by atoms with Crippen LogP contribution in [0.1, 0.15) is 21.5 Å². The lowest BCUT2D eigenvalue weighted by atomic mass is 10.0. The fourth-order valence-electron chi connectivity index (χ4n) is 1.64. The lowest BCUT2D eigenvalue weighted by Crippen LogP contribution is -2.00. The number of hydrogen-bond acceptors (Lipinski definition) is 3. The van der Waals surface area contributed by atoms with Gasteiger partial charge in [-0.25, -0.2) is 0 Å². The van der Waals surface area contributed by atoms with Crippen molar-refractivity contribution in [2.45, 2.75) is 0 Å². The van der Waals surface area contributed by atoms with E-state index < -0.39 is 5.95 Å². The molecule has 2 N–H and O–H groups in total. The third-order valence-corrected chi connectivity index (χ3v) is 2.50. The first-order valence-corrected chi connectivity index (χ1v) is 5.46. The van der Waals surface area contributed by atoms with E-state index in [-0.39, 0.29) is 5.78 Å². The SMILES string of the molecule is O=C(c1ccccc1)c1ccc(C=C(O)O)cc1. The Morgan fingerprint density at radius 2 is 1.39 bits per heavy atom. The van der Waals surface area contributed by atoms with Gasteiger partial charge in [-0.15, -0.1) is 0 Å². The van der Waals surface area contributed by atoms with Crippen LogP contribution in [0.4, 0.5) is 0 Å². The zero-order chi connectivity index (χ0) is 13.0. The van der Waals surface area contributed by atoms with Crippen molar-refractivity contribution in [2.75, 3.05) is 0 Å². The van der Waals surface area contributed by atoms with Gasteiger partial charge in [-0.1, -0.05) is 54.6 Å². The summed E-state index contributed by atoms with van der Waals surface area (Å²) in [6.45, 7) is 0. The minimum atomic E-state index is -0.753. The van der Waals surface area contributed by atoms with E-state index in [1.165, 1.54) is 6.08 Å². The topological polar surface area (TPSA) is 57.5 Å². The summed E-state index contributed by atoms with van der Waals surface area (Å²) in [5.74, 6) is -0.809. The lowest BCUT2D eigenvalue weighted by molar-refractivity contribution is 0.103. The third-order valence-electron chi connectivity index (χ3n) is 2.50. The van der Waals surface area contributed by atoms with Gasteiger partial charge in [0.25, 0.3) is 5.95 Å². The predicted molar refractivity (Wildman–Crippen MR) is 69.6 cm³/mol. The van der Waals surface area contributed by atoms with Crippen LogP contribution in [0.2, 0.25) is 0 Å². The zero-order valence-corrected chi connectivity index (χ0v) is 9.58. The van der Waals surface area contributed by atoms with Crippen LogP contribution in [0.3, 0.4) is 0 Å². The molecule has 0 atom stereocenters. The van der Waals surface area contributed by atoms with Crippen LogP contribution in [0.5, 0.6) is 0 Å². The summed E-state index contributed by atoms with van der Waals surface area (Å²) in [6, 6.07) is 15.6. The molecule has 0 saturated carbocycles. The summed E-state index contributed by atoms with van der Waals surface area (Å²) < 4.78 is 0. The van der Waals surface area contributed by atoms with E-state index in [9.17, 15) is 4.79 Å². The number of benzene rings is 2. The highest BCUT2D eigenvalue weighted by Crippen LogP contribution is 2.12. The standard InChI is InChI=1S/C15H12O3/c16-14(17)10-11-6-8-13(9-7-11)15(18)12-4-2-1-3-5-12/h1-10,16-17H. The summed E-state index contributed by atoms with van der Waals surface area (Å²) >= 11 is 0. The summed E-state index contributed by atoms with van der Waals surface area (Å²) in [6.07, 6.45) is 1.21. The van der Waals surface area contributed by atoms with E-state index in [2.05, 4.69) is 0 Å². The van der Waals surface area contributed by atoms with Gasteiger partial charge in [-0.2, -0.15) is 0 Å². The molecule has 0 spiro atoms. The Morgan fingerprint density at radius 3 is 1.94 bits per heavy atom. The monoisotopic (exact) mass is 240 g/mol. The molecule has 2 aromatic carbocycles. The van der Waals surface area contributed by atoms with Gasteiger partial charge in [0.2, 0.25) is 0 Å². The van der Waals surface area contributed by atoms with Crippen LogP contribution >= 0.6 is 0 Å². The second kappa shape index (κ2) is 5.19. The Kier molecular flexibility index (Phi) is 3.44. The van der Waals surface area contributed by atoms with Crippen molar-refractivity contribution in [3.8, 4) is 0 Å². The van der Waals surface area contributed by atoms with E-state index in [0.29, 0.717) is 16.7 Å². The number of aliphatic hydroxyl groups is 2. The Bertz CT molecular complexity index is 564. The molecule has 0 unspecified atom stereocenters. The molecular weight excluding hydrogens is 228 g/mol. The molecule has 0 fully saturated rings. The number of aliphatic hydroxyl groups excluding tert-OH is 1. The Hall–Kier alpha value is -2.55. The maximum atomic E-state index is 12.1. The number of ketones is 1. The number of hydrogen-bond donors (Lipinski definition) is 2. The number of carbonyl (C=O) groups is 1. The molecule has 18 heavy (non-hydrogen) atoms. The van der Waals surface area contributed by atoms with Crippen molar-refractivity contribution >= 4 is 11.9 Å². The maximum absolute atomic E-state index is 12.1. The van der Waals surface area contributed by atoms with Gasteiger partial charge >= 0.3 is 0 Å². The second-order valence-electron chi connectivity index (χ2n) is 3.82.